The maximum absolute atomic E-state index is 3.89. The molecule has 1 atom stereocenters. The summed E-state index contributed by atoms with van der Waals surface area (Å²) in [4.78, 5) is 0. The van der Waals surface area contributed by atoms with E-state index in [2.05, 4.69) is 47.3 Å². The molecule has 11 heavy (non-hydrogen) atoms. The van der Waals surface area contributed by atoms with Gasteiger partial charge in [-0.1, -0.05) is 40.7 Å². The summed E-state index contributed by atoms with van der Waals surface area (Å²) >= 11 is 0. The van der Waals surface area contributed by atoms with E-state index in [1.807, 2.05) is 0 Å². The third-order valence-corrected chi connectivity index (χ3v) is 2.23. The molecule has 0 rings (SSSR count). The SMILES string of the molecule is C=CC(C)(CC)CC(C)(C)C. The van der Waals surface area contributed by atoms with Crippen molar-refractivity contribution in [2.24, 2.45) is 10.8 Å². The molecule has 0 heteroatoms. The molecule has 0 radical (unpaired) electrons. The first-order chi connectivity index (χ1) is 4.83. The summed E-state index contributed by atoms with van der Waals surface area (Å²) in [6.45, 7) is 15.2. The molecule has 66 valence electrons. The van der Waals surface area contributed by atoms with E-state index in [-0.39, 0.29) is 0 Å². The van der Waals surface area contributed by atoms with E-state index in [1.165, 1.54) is 12.8 Å². The molecular formula is C11H22. The minimum Gasteiger partial charge on any atom is -0.103 e. The Morgan fingerprint density at radius 1 is 1.18 bits per heavy atom. The summed E-state index contributed by atoms with van der Waals surface area (Å²) in [7, 11) is 0. The van der Waals surface area contributed by atoms with Crippen LogP contribution in [0.25, 0.3) is 0 Å². The lowest BCUT2D eigenvalue weighted by Gasteiger charge is -2.32. The highest BCUT2D eigenvalue weighted by atomic mass is 14.3. The van der Waals surface area contributed by atoms with Gasteiger partial charge >= 0.3 is 0 Å². The normalized spacial score (nSPS) is 17.5. The number of hydrogen-bond acceptors (Lipinski definition) is 0. The Labute approximate surface area is 71.7 Å². The molecule has 0 spiro atoms. The molecule has 0 aliphatic carbocycles. The second kappa shape index (κ2) is 3.42. The third kappa shape index (κ3) is 4.23. The predicted octanol–water partition coefficient (Wildman–Crippen LogP) is 4.02. The van der Waals surface area contributed by atoms with E-state index < -0.39 is 0 Å². The zero-order chi connectivity index (χ0) is 9.12. The number of allylic oxidation sites excluding steroid dienone is 1. The van der Waals surface area contributed by atoms with Gasteiger partial charge in [-0.15, -0.1) is 6.58 Å². The minimum atomic E-state index is 0.332. The zero-order valence-corrected chi connectivity index (χ0v) is 8.70. The molecule has 0 aromatic rings. The van der Waals surface area contributed by atoms with Crippen molar-refractivity contribution in [3.8, 4) is 0 Å². The molecule has 0 aromatic carbocycles. The Kier molecular flexibility index (Phi) is 3.34. The molecule has 0 heterocycles. The van der Waals surface area contributed by atoms with Crippen LogP contribution < -0.4 is 0 Å². The van der Waals surface area contributed by atoms with Crippen LogP contribution in [-0.2, 0) is 0 Å². The fourth-order valence-corrected chi connectivity index (χ4v) is 1.55. The zero-order valence-electron chi connectivity index (χ0n) is 8.70. The van der Waals surface area contributed by atoms with Crippen molar-refractivity contribution >= 4 is 0 Å². The summed E-state index contributed by atoms with van der Waals surface area (Å²) < 4.78 is 0. The average molecular weight is 154 g/mol. The van der Waals surface area contributed by atoms with Crippen LogP contribution in [0.15, 0.2) is 12.7 Å². The van der Waals surface area contributed by atoms with Gasteiger partial charge in [-0.25, -0.2) is 0 Å². The molecule has 0 N–H and O–H groups in total. The topological polar surface area (TPSA) is 0 Å². The highest BCUT2D eigenvalue weighted by Crippen LogP contribution is 2.36. The Morgan fingerprint density at radius 3 is 1.73 bits per heavy atom. The van der Waals surface area contributed by atoms with E-state index in [4.69, 9.17) is 0 Å². The molecular weight excluding hydrogens is 132 g/mol. The van der Waals surface area contributed by atoms with Gasteiger partial charge in [0.1, 0.15) is 0 Å². The lowest BCUT2D eigenvalue weighted by atomic mass is 9.74. The van der Waals surface area contributed by atoms with E-state index in [1.54, 1.807) is 0 Å². The molecule has 0 amide bonds. The van der Waals surface area contributed by atoms with Gasteiger partial charge in [0.05, 0.1) is 0 Å². The van der Waals surface area contributed by atoms with E-state index >= 15 is 0 Å². The second-order valence-electron chi connectivity index (χ2n) is 4.95. The third-order valence-electron chi connectivity index (χ3n) is 2.23. The first-order valence-corrected chi connectivity index (χ1v) is 4.46. The lowest BCUT2D eigenvalue weighted by molar-refractivity contribution is 0.237. The minimum absolute atomic E-state index is 0.332. The first-order valence-electron chi connectivity index (χ1n) is 4.46. The smallest absolute Gasteiger partial charge is 0.0147 e. The van der Waals surface area contributed by atoms with Gasteiger partial charge in [-0.05, 0) is 23.7 Å². The fraction of sp³-hybridized carbons (Fsp3) is 0.818. The summed E-state index contributed by atoms with van der Waals surface area (Å²) in [5.41, 5.74) is 0.747. The van der Waals surface area contributed by atoms with Crippen LogP contribution in [0.4, 0.5) is 0 Å². The Balaban J connectivity index is 4.19. The summed E-state index contributed by atoms with van der Waals surface area (Å²) in [5.74, 6) is 0. The summed E-state index contributed by atoms with van der Waals surface area (Å²) in [5, 5.41) is 0. The quantitative estimate of drug-likeness (QED) is 0.538. The highest BCUT2D eigenvalue weighted by Gasteiger charge is 2.24. The van der Waals surface area contributed by atoms with Crippen molar-refractivity contribution < 1.29 is 0 Å². The summed E-state index contributed by atoms with van der Waals surface area (Å²) in [6, 6.07) is 0. The van der Waals surface area contributed by atoms with Gasteiger partial charge in [0.15, 0.2) is 0 Å². The molecule has 0 aliphatic heterocycles. The van der Waals surface area contributed by atoms with Gasteiger partial charge in [0, 0.05) is 0 Å². The van der Waals surface area contributed by atoms with Crippen molar-refractivity contribution in [3.05, 3.63) is 12.7 Å². The Hall–Kier alpha value is -0.260. The van der Waals surface area contributed by atoms with Crippen LogP contribution in [0.5, 0.6) is 0 Å². The molecule has 0 nitrogen and oxygen atoms in total. The largest absolute Gasteiger partial charge is 0.103 e. The van der Waals surface area contributed by atoms with Gasteiger partial charge in [0.25, 0.3) is 0 Å². The fourth-order valence-electron chi connectivity index (χ4n) is 1.55. The van der Waals surface area contributed by atoms with Crippen LogP contribution in [0.1, 0.15) is 47.5 Å². The van der Waals surface area contributed by atoms with Crippen LogP contribution in [0.2, 0.25) is 0 Å². The van der Waals surface area contributed by atoms with Crippen molar-refractivity contribution in [2.75, 3.05) is 0 Å². The molecule has 0 fully saturated rings. The monoisotopic (exact) mass is 154 g/mol. The molecule has 0 aliphatic rings. The maximum atomic E-state index is 3.89. The molecule has 0 bridgehead atoms. The lowest BCUT2D eigenvalue weighted by Crippen LogP contribution is -2.20. The summed E-state index contributed by atoms with van der Waals surface area (Å²) in [6.07, 6.45) is 4.51. The first kappa shape index (κ1) is 10.7. The van der Waals surface area contributed by atoms with Crippen LogP contribution in [-0.4, -0.2) is 0 Å². The number of hydrogen-bond donors (Lipinski definition) is 0. The predicted molar refractivity (Wildman–Crippen MR) is 52.7 cm³/mol. The van der Waals surface area contributed by atoms with Crippen LogP contribution in [0.3, 0.4) is 0 Å². The number of rotatable bonds is 3. The Morgan fingerprint density at radius 2 is 1.64 bits per heavy atom. The molecule has 0 aromatic heterocycles. The van der Waals surface area contributed by atoms with E-state index in [0.29, 0.717) is 10.8 Å². The average Bonchev–Trinajstić information content (AvgIpc) is 1.84. The molecule has 1 unspecified atom stereocenters. The van der Waals surface area contributed by atoms with Crippen molar-refractivity contribution in [1.82, 2.24) is 0 Å². The van der Waals surface area contributed by atoms with Crippen molar-refractivity contribution in [1.29, 1.82) is 0 Å². The van der Waals surface area contributed by atoms with Crippen molar-refractivity contribution in [2.45, 2.75) is 47.5 Å². The van der Waals surface area contributed by atoms with Gasteiger partial charge in [-0.2, -0.15) is 0 Å². The maximum Gasteiger partial charge on any atom is -0.0147 e. The van der Waals surface area contributed by atoms with E-state index in [9.17, 15) is 0 Å². The molecule has 0 saturated carbocycles. The van der Waals surface area contributed by atoms with Crippen molar-refractivity contribution in [3.63, 3.8) is 0 Å². The molecule has 0 saturated heterocycles. The second-order valence-corrected chi connectivity index (χ2v) is 4.95. The van der Waals surface area contributed by atoms with Crippen LogP contribution in [0, 0.1) is 10.8 Å². The van der Waals surface area contributed by atoms with Crippen LogP contribution >= 0.6 is 0 Å². The standard InChI is InChI=1S/C11H22/c1-7-11(6,8-2)9-10(3,4)5/h7H,1,8-9H2,2-6H3. The highest BCUT2D eigenvalue weighted by molar-refractivity contribution is 4.92. The Bertz CT molecular complexity index is 127. The van der Waals surface area contributed by atoms with Gasteiger partial charge in [-0.3, -0.25) is 0 Å². The van der Waals surface area contributed by atoms with Gasteiger partial charge in [0.2, 0.25) is 0 Å². The van der Waals surface area contributed by atoms with E-state index in [0.717, 1.165) is 0 Å². The van der Waals surface area contributed by atoms with Gasteiger partial charge < -0.3 is 0 Å².